The number of para-hydroxylation sites is 1. The maximum atomic E-state index is 10.8. The van der Waals surface area contributed by atoms with Gasteiger partial charge in [0.25, 0.3) is 0 Å². The molecule has 0 aliphatic carbocycles. The first-order chi connectivity index (χ1) is 17.5. The maximum Gasteiger partial charge on any atom is 0.222 e. The molecule has 36 heavy (non-hydrogen) atoms. The molecule has 2 aromatic carbocycles. The molecule has 0 aliphatic heterocycles. The normalized spacial score (nSPS) is 12.4. The fraction of sp³-hybridized carbons (Fsp3) is 0.345. The van der Waals surface area contributed by atoms with Crippen LogP contribution in [0.3, 0.4) is 0 Å². The average Bonchev–Trinajstić information content (AvgIpc) is 3.48. The number of rotatable bonds is 13. The standard InChI is InChI=1S/C29H35N3O4/c1-22(2)20-34-21-24(33)17-32(18-26-15-10-16-35-26)19-27-28(23-11-6-4-7-12-23)30-31(3)29(27)36-25-13-8-5-9-14-25/h4-16,22,24,33H,17-21H2,1-3H3/t24-/m0/s1. The van der Waals surface area contributed by atoms with Crippen molar-refractivity contribution in [3.63, 3.8) is 0 Å². The van der Waals surface area contributed by atoms with Crippen LogP contribution in [0, 0.1) is 5.92 Å². The lowest BCUT2D eigenvalue weighted by atomic mass is 10.1. The second-order valence-electron chi connectivity index (χ2n) is 9.37. The number of hydrogen-bond donors (Lipinski definition) is 1. The van der Waals surface area contributed by atoms with E-state index in [2.05, 4.69) is 18.7 Å². The molecule has 7 heteroatoms. The Hall–Kier alpha value is -3.39. The molecule has 4 rings (SSSR count). The van der Waals surface area contributed by atoms with Gasteiger partial charge in [-0.2, -0.15) is 5.10 Å². The lowest BCUT2D eigenvalue weighted by molar-refractivity contribution is 0.00453. The molecule has 0 aliphatic rings. The Morgan fingerprint density at radius 3 is 2.33 bits per heavy atom. The first-order valence-corrected chi connectivity index (χ1v) is 12.3. The molecule has 190 valence electrons. The molecule has 0 spiro atoms. The van der Waals surface area contributed by atoms with Gasteiger partial charge in [0.1, 0.15) is 17.2 Å². The number of aromatic nitrogens is 2. The zero-order valence-corrected chi connectivity index (χ0v) is 21.2. The highest BCUT2D eigenvalue weighted by molar-refractivity contribution is 5.65. The largest absolute Gasteiger partial charge is 0.468 e. The summed E-state index contributed by atoms with van der Waals surface area (Å²) >= 11 is 0. The first kappa shape index (κ1) is 25.7. The van der Waals surface area contributed by atoms with Crippen LogP contribution in [0.4, 0.5) is 0 Å². The summed E-state index contributed by atoms with van der Waals surface area (Å²) in [4.78, 5) is 2.14. The SMILES string of the molecule is CC(C)COC[C@@H](O)CN(Cc1ccco1)Cc1c(-c2ccccc2)nn(C)c1Oc1ccccc1. The Morgan fingerprint density at radius 2 is 1.67 bits per heavy atom. The molecule has 0 fully saturated rings. The molecule has 2 aromatic heterocycles. The quantitative estimate of drug-likeness (QED) is 0.267. The smallest absolute Gasteiger partial charge is 0.222 e. The van der Waals surface area contributed by atoms with Gasteiger partial charge in [0.15, 0.2) is 0 Å². The molecule has 0 bridgehead atoms. The van der Waals surface area contributed by atoms with Gasteiger partial charge >= 0.3 is 0 Å². The van der Waals surface area contributed by atoms with Crippen molar-refractivity contribution in [2.75, 3.05) is 19.8 Å². The van der Waals surface area contributed by atoms with Gasteiger partial charge in [0, 0.05) is 32.3 Å². The lowest BCUT2D eigenvalue weighted by Crippen LogP contribution is -2.34. The summed E-state index contributed by atoms with van der Waals surface area (Å²) in [7, 11) is 1.89. The van der Waals surface area contributed by atoms with Crippen LogP contribution in [-0.4, -0.2) is 45.6 Å². The number of benzene rings is 2. The summed E-state index contributed by atoms with van der Waals surface area (Å²) in [5, 5.41) is 15.6. The minimum atomic E-state index is -0.644. The third kappa shape index (κ3) is 7.07. The Labute approximate surface area is 212 Å². The number of furan rings is 1. The highest BCUT2D eigenvalue weighted by Crippen LogP contribution is 2.34. The van der Waals surface area contributed by atoms with Crippen molar-refractivity contribution in [1.82, 2.24) is 14.7 Å². The van der Waals surface area contributed by atoms with E-state index in [1.54, 1.807) is 10.9 Å². The van der Waals surface area contributed by atoms with Crippen molar-refractivity contribution < 1.29 is 19.0 Å². The highest BCUT2D eigenvalue weighted by atomic mass is 16.5. The van der Waals surface area contributed by atoms with E-state index in [9.17, 15) is 5.11 Å². The van der Waals surface area contributed by atoms with Gasteiger partial charge in [0.05, 0.1) is 31.1 Å². The molecule has 7 nitrogen and oxygen atoms in total. The number of aryl methyl sites for hydroxylation is 1. The molecule has 0 amide bonds. The van der Waals surface area contributed by atoms with Crippen molar-refractivity contribution in [3.05, 3.63) is 90.4 Å². The monoisotopic (exact) mass is 489 g/mol. The number of hydrogen-bond acceptors (Lipinski definition) is 6. The second-order valence-corrected chi connectivity index (χ2v) is 9.37. The fourth-order valence-electron chi connectivity index (χ4n) is 4.07. The fourth-order valence-corrected chi connectivity index (χ4v) is 4.07. The number of aliphatic hydroxyl groups is 1. The van der Waals surface area contributed by atoms with E-state index in [4.69, 9.17) is 19.0 Å². The van der Waals surface area contributed by atoms with Gasteiger partial charge in [-0.1, -0.05) is 62.4 Å². The number of nitrogens with zero attached hydrogens (tertiary/aromatic N) is 3. The van der Waals surface area contributed by atoms with Crippen molar-refractivity contribution in [3.8, 4) is 22.9 Å². The Balaban J connectivity index is 1.64. The molecule has 0 unspecified atom stereocenters. The Kier molecular flexibility index (Phi) is 8.95. The van der Waals surface area contributed by atoms with Crippen LogP contribution in [0.1, 0.15) is 25.2 Å². The summed E-state index contributed by atoms with van der Waals surface area (Å²) in [5.74, 6) is 2.63. The third-order valence-electron chi connectivity index (χ3n) is 5.66. The van der Waals surface area contributed by atoms with E-state index < -0.39 is 6.10 Å². The van der Waals surface area contributed by atoms with Crippen LogP contribution in [0.2, 0.25) is 0 Å². The topological polar surface area (TPSA) is 72.9 Å². The minimum absolute atomic E-state index is 0.277. The third-order valence-corrected chi connectivity index (χ3v) is 5.66. The number of aliphatic hydroxyl groups excluding tert-OH is 1. The Bertz CT molecular complexity index is 1170. The summed E-state index contributed by atoms with van der Waals surface area (Å²) in [6, 6.07) is 23.6. The van der Waals surface area contributed by atoms with E-state index in [0.717, 1.165) is 28.3 Å². The van der Waals surface area contributed by atoms with Gasteiger partial charge in [-0.25, -0.2) is 4.68 Å². The molecule has 4 aromatic rings. The molecular formula is C29H35N3O4. The molecule has 2 heterocycles. The van der Waals surface area contributed by atoms with Crippen LogP contribution < -0.4 is 4.74 Å². The average molecular weight is 490 g/mol. The summed E-state index contributed by atoms with van der Waals surface area (Å²) < 4.78 is 19.5. The Morgan fingerprint density at radius 1 is 0.944 bits per heavy atom. The van der Waals surface area contributed by atoms with Gasteiger partial charge in [-0.15, -0.1) is 0 Å². The van der Waals surface area contributed by atoms with Gasteiger partial charge in [-0.05, 0) is 30.2 Å². The van der Waals surface area contributed by atoms with Crippen LogP contribution in [0.5, 0.6) is 11.6 Å². The van der Waals surface area contributed by atoms with Gasteiger partial charge < -0.3 is 19.0 Å². The molecule has 1 atom stereocenters. The lowest BCUT2D eigenvalue weighted by Gasteiger charge is -2.25. The molecule has 0 saturated carbocycles. The van der Waals surface area contributed by atoms with E-state index >= 15 is 0 Å². The molecule has 1 N–H and O–H groups in total. The maximum absolute atomic E-state index is 10.8. The first-order valence-electron chi connectivity index (χ1n) is 12.3. The number of ether oxygens (including phenoxy) is 2. The van der Waals surface area contributed by atoms with Crippen molar-refractivity contribution in [2.45, 2.75) is 33.0 Å². The molecular weight excluding hydrogens is 454 g/mol. The predicted octanol–water partition coefficient (Wildman–Crippen LogP) is 5.51. The summed E-state index contributed by atoms with van der Waals surface area (Å²) in [6.45, 7) is 6.52. The van der Waals surface area contributed by atoms with Gasteiger partial charge in [0.2, 0.25) is 5.88 Å². The zero-order chi connectivity index (χ0) is 25.3. The zero-order valence-electron chi connectivity index (χ0n) is 21.2. The van der Waals surface area contributed by atoms with Crippen LogP contribution in [0.25, 0.3) is 11.3 Å². The van der Waals surface area contributed by atoms with E-state index in [1.807, 2.05) is 79.8 Å². The molecule has 0 saturated heterocycles. The molecule has 0 radical (unpaired) electrons. The van der Waals surface area contributed by atoms with E-state index in [1.165, 1.54) is 0 Å². The summed E-state index contributed by atoms with van der Waals surface area (Å²) in [5.41, 5.74) is 2.79. The van der Waals surface area contributed by atoms with Crippen LogP contribution in [0.15, 0.2) is 83.5 Å². The highest BCUT2D eigenvalue weighted by Gasteiger charge is 2.24. The van der Waals surface area contributed by atoms with Crippen molar-refractivity contribution in [2.24, 2.45) is 13.0 Å². The van der Waals surface area contributed by atoms with Crippen LogP contribution in [-0.2, 0) is 24.9 Å². The van der Waals surface area contributed by atoms with Crippen molar-refractivity contribution >= 4 is 0 Å². The van der Waals surface area contributed by atoms with E-state index in [0.29, 0.717) is 38.0 Å². The van der Waals surface area contributed by atoms with E-state index in [-0.39, 0.29) is 6.61 Å². The van der Waals surface area contributed by atoms with Crippen LogP contribution >= 0.6 is 0 Å². The second kappa shape index (κ2) is 12.5. The predicted molar refractivity (Wildman–Crippen MR) is 140 cm³/mol. The van der Waals surface area contributed by atoms with Crippen molar-refractivity contribution in [1.29, 1.82) is 0 Å². The minimum Gasteiger partial charge on any atom is -0.468 e. The summed E-state index contributed by atoms with van der Waals surface area (Å²) in [6.07, 6.45) is 1.02. The van der Waals surface area contributed by atoms with Gasteiger partial charge in [-0.3, -0.25) is 4.90 Å².